The molecule has 0 spiro atoms. The molecule has 18 heavy (non-hydrogen) atoms. The van der Waals surface area contributed by atoms with E-state index in [4.69, 9.17) is 0 Å². The fourth-order valence-electron chi connectivity index (χ4n) is 1.35. The number of carbonyl (C=O) groups is 1. The lowest BCUT2D eigenvalue weighted by Crippen LogP contribution is -2.23. The molecular weight excluding hydrogens is 345 g/mol. The number of benzene rings is 1. The third-order valence-corrected chi connectivity index (χ3v) is 3.01. The van der Waals surface area contributed by atoms with Crippen molar-refractivity contribution in [2.75, 3.05) is 5.32 Å². The molecule has 92 valence electrons. The molecular formula is C12H10IN3O2. The maximum absolute atomic E-state index is 11.9. The summed E-state index contributed by atoms with van der Waals surface area (Å²) < 4.78 is 2.22. The van der Waals surface area contributed by atoms with E-state index in [-0.39, 0.29) is 17.2 Å². The van der Waals surface area contributed by atoms with Crippen LogP contribution in [0.4, 0.5) is 5.69 Å². The highest BCUT2D eigenvalue weighted by Gasteiger charge is 2.08. The summed E-state index contributed by atoms with van der Waals surface area (Å²) in [5.74, 6) is -0.341. The molecule has 1 aromatic heterocycles. The minimum absolute atomic E-state index is 0.204. The van der Waals surface area contributed by atoms with Crippen LogP contribution in [0.5, 0.6) is 0 Å². The van der Waals surface area contributed by atoms with Gasteiger partial charge < -0.3 is 5.32 Å². The van der Waals surface area contributed by atoms with E-state index >= 15 is 0 Å². The highest BCUT2D eigenvalue weighted by atomic mass is 127. The first-order chi connectivity index (χ1) is 8.56. The van der Waals surface area contributed by atoms with Gasteiger partial charge in [0.25, 0.3) is 11.5 Å². The number of carbonyl (C=O) groups excluding carboxylic acids is 1. The number of amides is 1. The standard InChI is InChI=1S/C12H10IN3O2/c1-16-11(17)7-6-10(15-16)12(18)14-9-4-2-8(13)3-5-9/h2-7H,1H3,(H,14,18). The van der Waals surface area contributed by atoms with Gasteiger partial charge in [0.15, 0.2) is 0 Å². The van der Waals surface area contributed by atoms with Gasteiger partial charge in [0.05, 0.1) is 0 Å². The monoisotopic (exact) mass is 355 g/mol. The normalized spacial score (nSPS) is 10.1. The second-order valence-electron chi connectivity index (χ2n) is 3.64. The van der Waals surface area contributed by atoms with Crippen LogP contribution in [0.15, 0.2) is 41.2 Å². The quantitative estimate of drug-likeness (QED) is 0.833. The fourth-order valence-corrected chi connectivity index (χ4v) is 1.71. The van der Waals surface area contributed by atoms with Crippen molar-refractivity contribution in [1.82, 2.24) is 9.78 Å². The van der Waals surface area contributed by atoms with Gasteiger partial charge in [-0.15, -0.1) is 0 Å². The third kappa shape index (κ3) is 2.95. The molecule has 0 saturated carbocycles. The first kappa shape index (κ1) is 12.7. The van der Waals surface area contributed by atoms with Crippen molar-refractivity contribution in [2.45, 2.75) is 0 Å². The van der Waals surface area contributed by atoms with Crippen molar-refractivity contribution < 1.29 is 4.79 Å². The van der Waals surface area contributed by atoms with Crippen LogP contribution >= 0.6 is 22.6 Å². The van der Waals surface area contributed by atoms with Crippen molar-refractivity contribution in [3.63, 3.8) is 0 Å². The molecule has 0 saturated heterocycles. The summed E-state index contributed by atoms with van der Waals surface area (Å²) >= 11 is 2.19. The molecule has 0 fully saturated rings. The molecule has 6 heteroatoms. The van der Waals surface area contributed by atoms with Crippen molar-refractivity contribution in [1.29, 1.82) is 0 Å². The summed E-state index contributed by atoms with van der Waals surface area (Å²) in [6, 6.07) is 10.1. The number of hydrogen-bond acceptors (Lipinski definition) is 3. The second-order valence-corrected chi connectivity index (χ2v) is 4.89. The van der Waals surface area contributed by atoms with Gasteiger partial charge >= 0.3 is 0 Å². The fraction of sp³-hybridized carbons (Fsp3) is 0.0833. The first-order valence-corrected chi connectivity index (χ1v) is 6.25. The molecule has 1 aromatic carbocycles. The lowest BCUT2D eigenvalue weighted by molar-refractivity contribution is 0.102. The Labute approximate surface area is 117 Å². The number of aryl methyl sites for hydroxylation is 1. The molecule has 0 aliphatic rings. The molecule has 1 N–H and O–H groups in total. The summed E-state index contributed by atoms with van der Waals surface area (Å²) in [7, 11) is 1.50. The van der Waals surface area contributed by atoms with E-state index in [0.717, 1.165) is 8.25 Å². The summed E-state index contributed by atoms with van der Waals surface area (Å²) in [5.41, 5.74) is 0.646. The molecule has 0 atom stereocenters. The Kier molecular flexibility index (Phi) is 3.75. The molecule has 0 aliphatic carbocycles. The number of hydrogen-bond donors (Lipinski definition) is 1. The lowest BCUT2D eigenvalue weighted by atomic mass is 10.3. The largest absolute Gasteiger partial charge is 0.321 e. The van der Waals surface area contributed by atoms with Crippen LogP contribution in [0.25, 0.3) is 0 Å². The number of anilines is 1. The second kappa shape index (κ2) is 5.30. The Morgan fingerprint density at radius 2 is 1.89 bits per heavy atom. The predicted octanol–water partition coefficient (Wildman–Crippen LogP) is 1.64. The van der Waals surface area contributed by atoms with E-state index in [1.165, 1.54) is 19.2 Å². The summed E-state index contributed by atoms with van der Waals surface area (Å²) in [4.78, 5) is 23.0. The van der Waals surface area contributed by atoms with Gasteiger partial charge in [-0.2, -0.15) is 5.10 Å². The number of aromatic nitrogens is 2. The van der Waals surface area contributed by atoms with Gasteiger partial charge in [0.2, 0.25) is 0 Å². The third-order valence-electron chi connectivity index (χ3n) is 2.30. The number of nitrogens with zero attached hydrogens (tertiary/aromatic N) is 2. The van der Waals surface area contributed by atoms with Crippen LogP contribution in [-0.2, 0) is 7.05 Å². The van der Waals surface area contributed by atoms with Crippen LogP contribution < -0.4 is 10.9 Å². The van der Waals surface area contributed by atoms with Gasteiger partial charge in [-0.3, -0.25) is 9.59 Å². The van der Waals surface area contributed by atoms with Crippen LogP contribution in [-0.4, -0.2) is 15.7 Å². The van der Waals surface area contributed by atoms with E-state index in [2.05, 4.69) is 33.0 Å². The van der Waals surface area contributed by atoms with E-state index in [9.17, 15) is 9.59 Å². The molecule has 0 unspecified atom stereocenters. The van der Waals surface area contributed by atoms with E-state index in [0.29, 0.717) is 5.69 Å². The van der Waals surface area contributed by atoms with Crippen molar-refractivity contribution in [3.05, 3.63) is 56.0 Å². The molecule has 2 aromatic rings. The number of nitrogens with one attached hydrogen (secondary N) is 1. The summed E-state index contributed by atoms with van der Waals surface area (Å²) in [6.45, 7) is 0. The van der Waals surface area contributed by atoms with Crippen LogP contribution in [0, 0.1) is 3.57 Å². The average molecular weight is 355 g/mol. The first-order valence-electron chi connectivity index (χ1n) is 5.17. The smallest absolute Gasteiger partial charge is 0.276 e. The molecule has 0 aliphatic heterocycles. The zero-order chi connectivity index (χ0) is 13.1. The molecule has 0 bridgehead atoms. The van der Waals surface area contributed by atoms with E-state index < -0.39 is 0 Å². The molecule has 2 rings (SSSR count). The highest BCUT2D eigenvalue weighted by Crippen LogP contribution is 2.11. The molecule has 5 nitrogen and oxygen atoms in total. The zero-order valence-corrected chi connectivity index (χ0v) is 11.7. The topological polar surface area (TPSA) is 64.0 Å². The van der Waals surface area contributed by atoms with E-state index in [1.54, 1.807) is 0 Å². The number of halogens is 1. The van der Waals surface area contributed by atoms with Crippen molar-refractivity contribution in [2.24, 2.45) is 7.05 Å². The number of rotatable bonds is 2. The van der Waals surface area contributed by atoms with E-state index in [1.807, 2.05) is 24.3 Å². The van der Waals surface area contributed by atoms with Crippen molar-refractivity contribution >= 4 is 34.2 Å². The predicted molar refractivity (Wildman–Crippen MR) is 76.6 cm³/mol. The Morgan fingerprint density at radius 1 is 1.22 bits per heavy atom. The SMILES string of the molecule is Cn1nc(C(=O)Nc2ccc(I)cc2)ccc1=O. The minimum atomic E-state index is -0.341. The van der Waals surface area contributed by atoms with Gasteiger partial charge in [-0.1, -0.05) is 0 Å². The summed E-state index contributed by atoms with van der Waals surface area (Å²) in [5, 5.41) is 6.59. The zero-order valence-electron chi connectivity index (χ0n) is 9.55. The van der Waals surface area contributed by atoms with Gasteiger partial charge in [0, 0.05) is 22.4 Å². The maximum Gasteiger partial charge on any atom is 0.276 e. The average Bonchev–Trinajstić information content (AvgIpc) is 2.35. The minimum Gasteiger partial charge on any atom is -0.321 e. The van der Waals surface area contributed by atoms with Gasteiger partial charge in [-0.25, -0.2) is 4.68 Å². The van der Waals surface area contributed by atoms with Gasteiger partial charge in [-0.05, 0) is 52.9 Å². The van der Waals surface area contributed by atoms with Crippen LogP contribution in [0.3, 0.4) is 0 Å². The molecule has 0 radical (unpaired) electrons. The Morgan fingerprint density at radius 3 is 2.50 bits per heavy atom. The van der Waals surface area contributed by atoms with Crippen molar-refractivity contribution in [3.8, 4) is 0 Å². The van der Waals surface area contributed by atoms with Crippen LogP contribution in [0.1, 0.15) is 10.5 Å². The lowest BCUT2D eigenvalue weighted by Gasteiger charge is -2.05. The highest BCUT2D eigenvalue weighted by molar-refractivity contribution is 14.1. The van der Waals surface area contributed by atoms with Gasteiger partial charge in [0.1, 0.15) is 5.69 Å². The molecule has 1 amide bonds. The Bertz CT molecular complexity index is 635. The van der Waals surface area contributed by atoms with Crippen LogP contribution in [0.2, 0.25) is 0 Å². The Hall–Kier alpha value is -1.70. The molecule has 1 heterocycles. The Balaban J connectivity index is 2.19. The summed E-state index contributed by atoms with van der Waals surface area (Å²) in [6.07, 6.45) is 0. The maximum atomic E-state index is 11.9.